The number of rotatable bonds is 1. The molecule has 0 spiro atoms. The Morgan fingerprint density at radius 1 is 1.50 bits per heavy atom. The second-order valence-electron chi connectivity index (χ2n) is 2.34. The van der Waals surface area contributed by atoms with Gasteiger partial charge in [-0.15, -0.1) is 0 Å². The van der Waals surface area contributed by atoms with E-state index in [-0.39, 0.29) is 0 Å². The molecule has 0 bridgehead atoms. The maximum absolute atomic E-state index is 5.17. The maximum Gasteiger partial charge on any atom is 0.240 e. The lowest BCUT2D eigenvalue weighted by atomic mass is 10.6. The molecule has 6 nitrogen and oxygen atoms in total. The molecule has 2 aromatic rings. The summed E-state index contributed by atoms with van der Waals surface area (Å²) in [6.07, 6.45) is 1.66. The molecule has 12 heavy (non-hydrogen) atoms. The Morgan fingerprint density at radius 2 is 2.33 bits per heavy atom. The SMILES string of the molecule is Cc1nc(NN)nc2ccnn12. The summed E-state index contributed by atoms with van der Waals surface area (Å²) < 4.78 is 1.64. The van der Waals surface area contributed by atoms with E-state index in [2.05, 4.69) is 20.5 Å². The minimum absolute atomic E-state index is 0.403. The van der Waals surface area contributed by atoms with E-state index in [0.717, 1.165) is 11.5 Å². The zero-order chi connectivity index (χ0) is 8.55. The van der Waals surface area contributed by atoms with E-state index in [0.29, 0.717) is 5.95 Å². The first-order valence-corrected chi connectivity index (χ1v) is 3.46. The van der Waals surface area contributed by atoms with Crippen molar-refractivity contribution in [1.82, 2.24) is 19.6 Å². The normalized spacial score (nSPS) is 10.5. The second-order valence-corrected chi connectivity index (χ2v) is 2.34. The molecule has 0 amide bonds. The van der Waals surface area contributed by atoms with Gasteiger partial charge in [0.05, 0.1) is 6.20 Å². The van der Waals surface area contributed by atoms with Crippen LogP contribution in [0, 0.1) is 6.92 Å². The number of nitrogens with two attached hydrogens (primary N) is 1. The van der Waals surface area contributed by atoms with E-state index in [9.17, 15) is 0 Å². The number of hydrogen-bond acceptors (Lipinski definition) is 5. The van der Waals surface area contributed by atoms with Crippen molar-refractivity contribution in [3.8, 4) is 0 Å². The zero-order valence-electron chi connectivity index (χ0n) is 6.52. The van der Waals surface area contributed by atoms with Gasteiger partial charge in [0.25, 0.3) is 0 Å². The van der Waals surface area contributed by atoms with E-state index in [4.69, 9.17) is 5.84 Å². The average Bonchev–Trinajstić information content (AvgIpc) is 2.52. The highest BCUT2D eigenvalue weighted by atomic mass is 15.4. The third-order valence-electron chi connectivity index (χ3n) is 1.55. The summed E-state index contributed by atoms with van der Waals surface area (Å²) in [5.41, 5.74) is 3.12. The summed E-state index contributed by atoms with van der Waals surface area (Å²) in [6.45, 7) is 1.84. The highest BCUT2D eigenvalue weighted by molar-refractivity contribution is 5.41. The quantitative estimate of drug-likeness (QED) is 0.447. The van der Waals surface area contributed by atoms with Crippen LogP contribution in [0.2, 0.25) is 0 Å². The summed E-state index contributed by atoms with van der Waals surface area (Å²) in [7, 11) is 0. The summed E-state index contributed by atoms with van der Waals surface area (Å²) in [5.74, 6) is 6.33. The molecule has 3 N–H and O–H groups in total. The number of hydrogen-bond donors (Lipinski definition) is 2. The number of nitrogens with one attached hydrogen (secondary N) is 1. The second kappa shape index (κ2) is 2.42. The van der Waals surface area contributed by atoms with E-state index >= 15 is 0 Å². The standard InChI is InChI=1S/C6H8N6/c1-4-9-6(11-7)10-5-2-3-8-12(4)5/h2-3H,7H2,1H3,(H,10,11). The molecular weight excluding hydrogens is 156 g/mol. The molecule has 0 saturated carbocycles. The van der Waals surface area contributed by atoms with E-state index in [1.807, 2.05) is 6.92 Å². The van der Waals surface area contributed by atoms with Crippen LogP contribution in [-0.4, -0.2) is 19.6 Å². The number of anilines is 1. The predicted octanol–water partition coefficient (Wildman–Crippen LogP) is -0.282. The third kappa shape index (κ3) is 0.892. The molecule has 2 aromatic heterocycles. The zero-order valence-corrected chi connectivity index (χ0v) is 6.52. The molecule has 2 rings (SSSR count). The Balaban J connectivity index is 2.75. The van der Waals surface area contributed by atoms with Crippen molar-refractivity contribution in [3.63, 3.8) is 0 Å². The average molecular weight is 164 g/mol. The van der Waals surface area contributed by atoms with Gasteiger partial charge >= 0.3 is 0 Å². The number of hydrazine groups is 1. The van der Waals surface area contributed by atoms with Gasteiger partial charge in [0, 0.05) is 6.07 Å². The minimum atomic E-state index is 0.403. The number of fused-ring (bicyclic) bond motifs is 1. The minimum Gasteiger partial charge on any atom is -0.292 e. The van der Waals surface area contributed by atoms with Crippen molar-refractivity contribution >= 4 is 11.6 Å². The molecule has 2 heterocycles. The Kier molecular flexibility index (Phi) is 1.41. The molecule has 0 unspecified atom stereocenters. The molecule has 0 atom stereocenters. The van der Waals surface area contributed by atoms with Gasteiger partial charge in [-0.3, -0.25) is 5.43 Å². The monoisotopic (exact) mass is 164 g/mol. The summed E-state index contributed by atoms with van der Waals surface area (Å²) in [6, 6.07) is 1.79. The molecule has 0 aliphatic heterocycles. The van der Waals surface area contributed by atoms with Crippen molar-refractivity contribution in [3.05, 3.63) is 18.1 Å². The summed E-state index contributed by atoms with van der Waals surface area (Å²) in [5, 5.41) is 4.02. The number of aromatic nitrogens is 4. The highest BCUT2D eigenvalue weighted by Gasteiger charge is 2.01. The smallest absolute Gasteiger partial charge is 0.240 e. The van der Waals surface area contributed by atoms with Crippen LogP contribution in [0.1, 0.15) is 5.82 Å². The lowest BCUT2D eigenvalue weighted by Crippen LogP contribution is -2.12. The van der Waals surface area contributed by atoms with Crippen molar-refractivity contribution < 1.29 is 0 Å². The van der Waals surface area contributed by atoms with Crippen LogP contribution in [0.3, 0.4) is 0 Å². The lowest BCUT2D eigenvalue weighted by Gasteiger charge is -2.00. The topological polar surface area (TPSA) is 81.1 Å². The number of nitrogen functional groups attached to an aromatic ring is 1. The van der Waals surface area contributed by atoms with Gasteiger partial charge in [-0.25, -0.2) is 10.4 Å². The van der Waals surface area contributed by atoms with Crippen LogP contribution in [0.15, 0.2) is 12.3 Å². The Labute approximate surface area is 68.4 Å². The van der Waals surface area contributed by atoms with Gasteiger partial charge in [0.1, 0.15) is 5.82 Å². The third-order valence-corrected chi connectivity index (χ3v) is 1.55. The fourth-order valence-corrected chi connectivity index (χ4v) is 1.03. The molecule has 0 radical (unpaired) electrons. The van der Waals surface area contributed by atoms with E-state index in [1.165, 1.54) is 0 Å². The van der Waals surface area contributed by atoms with Gasteiger partial charge in [0.2, 0.25) is 5.95 Å². The first-order chi connectivity index (χ1) is 5.81. The van der Waals surface area contributed by atoms with Crippen LogP contribution >= 0.6 is 0 Å². The van der Waals surface area contributed by atoms with Gasteiger partial charge in [0.15, 0.2) is 5.65 Å². The van der Waals surface area contributed by atoms with Crippen molar-refractivity contribution in [2.75, 3.05) is 5.43 Å². The lowest BCUT2D eigenvalue weighted by molar-refractivity contribution is 0.838. The highest BCUT2D eigenvalue weighted by Crippen LogP contribution is 2.03. The molecule has 0 aromatic carbocycles. The Hall–Kier alpha value is -1.69. The molecule has 0 aliphatic carbocycles. The van der Waals surface area contributed by atoms with Crippen molar-refractivity contribution in [1.29, 1.82) is 0 Å². The number of aryl methyl sites for hydroxylation is 1. The largest absolute Gasteiger partial charge is 0.292 e. The fraction of sp³-hybridized carbons (Fsp3) is 0.167. The molecule has 6 heteroatoms. The van der Waals surface area contributed by atoms with E-state index in [1.54, 1.807) is 16.8 Å². The summed E-state index contributed by atoms with van der Waals surface area (Å²) in [4.78, 5) is 8.11. The van der Waals surface area contributed by atoms with Crippen LogP contribution in [-0.2, 0) is 0 Å². The van der Waals surface area contributed by atoms with Crippen LogP contribution in [0.25, 0.3) is 5.65 Å². The number of nitrogens with zero attached hydrogens (tertiary/aromatic N) is 4. The molecule has 0 saturated heterocycles. The van der Waals surface area contributed by atoms with Crippen LogP contribution in [0.5, 0.6) is 0 Å². The molecule has 0 aliphatic rings. The van der Waals surface area contributed by atoms with Crippen LogP contribution < -0.4 is 11.3 Å². The Morgan fingerprint density at radius 3 is 3.08 bits per heavy atom. The first kappa shape index (κ1) is 6.99. The molecule has 0 fully saturated rings. The molecule has 62 valence electrons. The maximum atomic E-state index is 5.17. The van der Waals surface area contributed by atoms with E-state index < -0.39 is 0 Å². The van der Waals surface area contributed by atoms with Gasteiger partial charge in [-0.1, -0.05) is 0 Å². The van der Waals surface area contributed by atoms with Crippen molar-refractivity contribution in [2.24, 2.45) is 5.84 Å². The predicted molar refractivity (Wildman–Crippen MR) is 43.3 cm³/mol. The van der Waals surface area contributed by atoms with Gasteiger partial charge in [-0.05, 0) is 6.92 Å². The van der Waals surface area contributed by atoms with Gasteiger partial charge < -0.3 is 0 Å². The Bertz CT molecular complexity index is 405. The van der Waals surface area contributed by atoms with Gasteiger partial charge in [-0.2, -0.15) is 15.1 Å². The fourth-order valence-electron chi connectivity index (χ4n) is 1.03. The summed E-state index contributed by atoms with van der Waals surface area (Å²) >= 11 is 0. The molecular formula is C6H8N6. The van der Waals surface area contributed by atoms with Crippen molar-refractivity contribution in [2.45, 2.75) is 6.92 Å². The van der Waals surface area contributed by atoms with Crippen LogP contribution in [0.4, 0.5) is 5.95 Å². The first-order valence-electron chi connectivity index (χ1n) is 3.46.